The summed E-state index contributed by atoms with van der Waals surface area (Å²) < 4.78 is 24.0. The molecule has 0 bridgehead atoms. The van der Waals surface area contributed by atoms with E-state index in [1.54, 1.807) is 19.1 Å². The molecule has 0 fully saturated rings. The van der Waals surface area contributed by atoms with Crippen LogP contribution in [0.5, 0.6) is 11.5 Å². The molecule has 0 spiro atoms. The van der Waals surface area contributed by atoms with E-state index >= 15 is 0 Å². The average Bonchev–Trinajstić information content (AvgIpc) is 2.45. The number of halogens is 2. The minimum absolute atomic E-state index is 0.232. The van der Waals surface area contributed by atoms with Gasteiger partial charge in [0.2, 0.25) is 0 Å². The van der Waals surface area contributed by atoms with E-state index < -0.39 is 5.97 Å². The summed E-state index contributed by atoms with van der Waals surface area (Å²) in [5.74, 6) is -0.0544. The Balaban J connectivity index is 2.26. The largest absolute Gasteiger partial charge is 0.462 e. The number of ether oxygens (including phenoxy) is 2. The van der Waals surface area contributed by atoms with E-state index in [1.165, 1.54) is 24.3 Å². The van der Waals surface area contributed by atoms with Crippen molar-refractivity contribution in [3.05, 3.63) is 52.3 Å². The number of benzene rings is 2. The van der Waals surface area contributed by atoms with E-state index in [1.807, 2.05) is 0 Å². The molecule has 0 aromatic heterocycles. The fraction of sp³-hybridized carbons (Fsp3) is 0.133. The Kier molecular flexibility index (Phi) is 4.80. The van der Waals surface area contributed by atoms with E-state index in [2.05, 4.69) is 15.9 Å². The normalized spacial score (nSPS) is 10.2. The zero-order valence-electron chi connectivity index (χ0n) is 11.2. The Labute approximate surface area is 129 Å². The molecule has 0 aliphatic carbocycles. The lowest BCUT2D eigenvalue weighted by Gasteiger charge is -2.10. The third-order valence-electron chi connectivity index (χ3n) is 2.65. The molecule has 0 atom stereocenters. The molecule has 0 saturated carbocycles. The van der Waals surface area contributed by atoms with E-state index in [-0.39, 0.29) is 18.0 Å². The Morgan fingerprint density at radius 2 is 1.90 bits per heavy atom. The Bertz CT molecular complexity index is 676. The molecular weight excluding hydrogens is 341 g/mol. The molecule has 2 N–H and O–H groups in total. The van der Waals surface area contributed by atoms with Gasteiger partial charge in [0.25, 0.3) is 0 Å². The number of anilines is 1. The van der Waals surface area contributed by atoms with Gasteiger partial charge in [0, 0.05) is 5.69 Å². The maximum Gasteiger partial charge on any atom is 0.340 e. The van der Waals surface area contributed by atoms with Crippen LogP contribution in [0.2, 0.25) is 0 Å². The summed E-state index contributed by atoms with van der Waals surface area (Å²) in [5, 5.41) is 0. The highest BCUT2D eigenvalue weighted by molar-refractivity contribution is 9.10. The van der Waals surface area contributed by atoms with Gasteiger partial charge in [-0.1, -0.05) is 0 Å². The molecule has 2 aromatic rings. The molecule has 2 rings (SSSR count). The van der Waals surface area contributed by atoms with Crippen molar-refractivity contribution in [2.24, 2.45) is 0 Å². The molecule has 21 heavy (non-hydrogen) atoms. The maximum atomic E-state index is 13.2. The molecular formula is C15H13BrFNO3. The summed E-state index contributed by atoms with van der Waals surface area (Å²) in [5.41, 5.74) is 6.28. The lowest BCUT2D eigenvalue weighted by Crippen LogP contribution is -2.08. The Hall–Kier alpha value is -2.08. The van der Waals surface area contributed by atoms with Crippen LogP contribution in [0.4, 0.5) is 10.1 Å². The summed E-state index contributed by atoms with van der Waals surface area (Å²) in [6, 6.07) is 8.93. The second kappa shape index (κ2) is 6.58. The van der Waals surface area contributed by atoms with Gasteiger partial charge in [-0.05, 0) is 59.3 Å². The molecule has 6 heteroatoms. The Morgan fingerprint density at radius 3 is 2.57 bits per heavy atom. The molecule has 0 saturated heterocycles. The number of carbonyl (C=O) groups excluding carboxylic acids is 1. The SMILES string of the molecule is CCOC(=O)c1cc(Oc2ccc(F)c(Br)c2)ccc1N. The topological polar surface area (TPSA) is 61.5 Å². The highest BCUT2D eigenvalue weighted by Crippen LogP contribution is 2.28. The highest BCUT2D eigenvalue weighted by Gasteiger charge is 2.12. The molecule has 0 aliphatic rings. The molecule has 2 aromatic carbocycles. The first kappa shape index (κ1) is 15.3. The number of rotatable bonds is 4. The quantitative estimate of drug-likeness (QED) is 0.662. The van der Waals surface area contributed by atoms with E-state index in [9.17, 15) is 9.18 Å². The smallest absolute Gasteiger partial charge is 0.340 e. The van der Waals surface area contributed by atoms with Gasteiger partial charge in [0.05, 0.1) is 16.6 Å². The average molecular weight is 354 g/mol. The predicted molar refractivity (Wildman–Crippen MR) is 81.0 cm³/mol. The van der Waals surface area contributed by atoms with Crippen LogP contribution in [0.25, 0.3) is 0 Å². The summed E-state index contributed by atoms with van der Waals surface area (Å²) in [7, 11) is 0. The highest BCUT2D eigenvalue weighted by atomic mass is 79.9. The summed E-state index contributed by atoms with van der Waals surface area (Å²) >= 11 is 3.08. The number of carbonyl (C=O) groups is 1. The third-order valence-corrected chi connectivity index (χ3v) is 3.25. The van der Waals surface area contributed by atoms with Gasteiger partial charge in [-0.15, -0.1) is 0 Å². The van der Waals surface area contributed by atoms with Crippen molar-refractivity contribution >= 4 is 27.6 Å². The van der Waals surface area contributed by atoms with Crippen molar-refractivity contribution < 1.29 is 18.7 Å². The zero-order valence-corrected chi connectivity index (χ0v) is 12.8. The van der Waals surface area contributed by atoms with Crippen LogP contribution in [-0.2, 0) is 4.74 Å². The van der Waals surface area contributed by atoms with Gasteiger partial charge in [-0.2, -0.15) is 0 Å². The molecule has 0 radical (unpaired) electrons. The summed E-state index contributed by atoms with van der Waals surface area (Å²) in [6.45, 7) is 1.97. The number of nitrogens with two attached hydrogens (primary N) is 1. The first-order chi connectivity index (χ1) is 10.0. The van der Waals surface area contributed by atoms with Crippen molar-refractivity contribution in [2.45, 2.75) is 6.92 Å². The first-order valence-electron chi connectivity index (χ1n) is 6.20. The van der Waals surface area contributed by atoms with Gasteiger partial charge in [0.1, 0.15) is 17.3 Å². The molecule has 0 aliphatic heterocycles. The van der Waals surface area contributed by atoms with E-state index in [0.717, 1.165) is 0 Å². The van der Waals surface area contributed by atoms with Crippen LogP contribution < -0.4 is 10.5 Å². The van der Waals surface area contributed by atoms with E-state index in [0.29, 0.717) is 21.7 Å². The molecule has 0 unspecified atom stereocenters. The first-order valence-corrected chi connectivity index (χ1v) is 7.00. The molecule has 110 valence electrons. The van der Waals surface area contributed by atoms with Gasteiger partial charge in [-0.25, -0.2) is 9.18 Å². The van der Waals surface area contributed by atoms with Crippen LogP contribution in [0.1, 0.15) is 17.3 Å². The van der Waals surface area contributed by atoms with Crippen molar-refractivity contribution in [1.82, 2.24) is 0 Å². The number of hydrogen-bond donors (Lipinski definition) is 1. The van der Waals surface area contributed by atoms with E-state index in [4.69, 9.17) is 15.2 Å². The summed E-state index contributed by atoms with van der Waals surface area (Å²) in [4.78, 5) is 11.8. The lowest BCUT2D eigenvalue weighted by molar-refractivity contribution is 0.0527. The van der Waals surface area contributed by atoms with Crippen molar-refractivity contribution in [3.8, 4) is 11.5 Å². The zero-order chi connectivity index (χ0) is 15.4. The van der Waals surface area contributed by atoms with Gasteiger partial charge in [0.15, 0.2) is 0 Å². The van der Waals surface area contributed by atoms with Crippen LogP contribution in [0.15, 0.2) is 40.9 Å². The maximum absolute atomic E-state index is 13.2. The van der Waals surface area contributed by atoms with Crippen LogP contribution in [0, 0.1) is 5.82 Å². The summed E-state index contributed by atoms with van der Waals surface area (Å²) in [6.07, 6.45) is 0. The fourth-order valence-corrected chi connectivity index (χ4v) is 2.02. The fourth-order valence-electron chi connectivity index (χ4n) is 1.66. The number of esters is 1. The Morgan fingerprint density at radius 1 is 1.24 bits per heavy atom. The molecule has 0 amide bonds. The van der Waals surface area contributed by atoms with Gasteiger partial charge >= 0.3 is 5.97 Å². The molecule has 4 nitrogen and oxygen atoms in total. The lowest BCUT2D eigenvalue weighted by atomic mass is 10.1. The molecule has 0 heterocycles. The predicted octanol–water partition coefficient (Wildman–Crippen LogP) is 4.14. The van der Waals surface area contributed by atoms with Gasteiger partial charge in [-0.3, -0.25) is 0 Å². The number of nitrogen functional groups attached to an aromatic ring is 1. The third kappa shape index (κ3) is 3.72. The van der Waals surface area contributed by atoms with Crippen molar-refractivity contribution in [3.63, 3.8) is 0 Å². The van der Waals surface area contributed by atoms with Gasteiger partial charge < -0.3 is 15.2 Å². The second-order valence-electron chi connectivity index (χ2n) is 4.15. The monoisotopic (exact) mass is 353 g/mol. The van der Waals surface area contributed by atoms with Crippen LogP contribution >= 0.6 is 15.9 Å². The minimum atomic E-state index is -0.513. The number of hydrogen-bond acceptors (Lipinski definition) is 4. The van der Waals surface area contributed by atoms with Crippen molar-refractivity contribution in [2.75, 3.05) is 12.3 Å². The van der Waals surface area contributed by atoms with Crippen LogP contribution in [-0.4, -0.2) is 12.6 Å². The minimum Gasteiger partial charge on any atom is -0.462 e. The van der Waals surface area contributed by atoms with Crippen molar-refractivity contribution in [1.29, 1.82) is 0 Å². The standard InChI is InChI=1S/C15H13BrFNO3/c1-2-20-15(19)11-7-9(4-6-14(11)18)21-10-3-5-13(17)12(16)8-10/h3-8H,2,18H2,1H3. The second-order valence-corrected chi connectivity index (χ2v) is 5.00. The van der Waals surface area contributed by atoms with Crippen LogP contribution in [0.3, 0.4) is 0 Å².